The first-order valence-electron chi connectivity index (χ1n) is 6.40. The normalized spacial score (nSPS) is 11.0. The van der Waals surface area contributed by atoms with E-state index in [4.69, 9.17) is 20.4 Å². The summed E-state index contributed by atoms with van der Waals surface area (Å²) in [7, 11) is 0. The summed E-state index contributed by atoms with van der Waals surface area (Å²) in [5.74, 6) is -2.01. The van der Waals surface area contributed by atoms with Crippen LogP contribution in [0.25, 0.3) is 0 Å². The summed E-state index contributed by atoms with van der Waals surface area (Å²) < 4.78 is 4.97. The molecular weight excluding hydrogens is 322 g/mol. The lowest BCUT2D eigenvalue weighted by Crippen LogP contribution is -2.17. The lowest BCUT2D eigenvalue weighted by molar-refractivity contribution is -0.150. The topological polar surface area (TPSA) is 124 Å². The van der Waals surface area contributed by atoms with E-state index in [9.17, 15) is 9.59 Å². The van der Waals surface area contributed by atoms with Gasteiger partial charge in [-0.05, 0) is 5.56 Å². The molecule has 1 heterocycles. The molecule has 0 unspecified atom stereocenters. The third kappa shape index (κ3) is 5.08. The molecule has 8 nitrogen and oxygen atoms in total. The first-order valence-corrected chi connectivity index (χ1v) is 7.28. The summed E-state index contributed by atoms with van der Waals surface area (Å²) in [6.45, 7) is -0.412. The molecule has 2 rings (SSSR count). The minimum Gasteiger partial charge on any atom is -0.476 e. The molecule has 1 aromatic carbocycles. The zero-order valence-electron chi connectivity index (χ0n) is 11.8. The highest BCUT2D eigenvalue weighted by molar-refractivity contribution is 7.13. The van der Waals surface area contributed by atoms with Gasteiger partial charge in [-0.25, -0.2) is 14.6 Å². The third-order valence-electron chi connectivity index (χ3n) is 2.55. The second-order valence-corrected chi connectivity index (χ2v) is 5.13. The third-order valence-corrected chi connectivity index (χ3v) is 3.22. The van der Waals surface area contributed by atoms with Gasteiger partial charge in [0.25, 0.3) is 0 Å². The highest BCUT2D eigenvalue weighted by atomic mass is 32.1. The van der Waals surface area contributed by atoms with Crippen molar-refractivity contribution in [2.24, 2.45) is 5.16 Å². The Morgan fingerprint density at radius 3 is 2.65 bits per heavy atom. The molecule has 0 saturated carbocycles. The van der Waals surface area contributed by atoms with Crippen molar-refractivity contribution >= 4 is 34.1 Å². The number of aliphatic carboxylic acids is 1. The zero-order valence-corrected chi connectivity index (χ0v) is 12.7. The van der Waals surface area contributed by atoms with Crippen LogP contribution in [0.3, 0.4) is 0 Å². The fraction of sp³-hybridized carbons (Fsp3) is 0.143. The number of nitrogens with zero attached hydrogens (tertiary/aromatic N) is 2. The van der Waals surface area contributed by atoms with Gasteiger partial charge in [-0.1, -0.05) is 35.5 Å². The molecule has 0 saturated heterocycles. The molecule has 23 heavy (non-hydrogen) atoms. The predicted molar refractivity (Wildman–Crippen MR) is 82.9 cm³/mol. The van der Waals surface area contributed by atoms with E-state index in [1.54, 1.807) is 0 Å². The Morgan fingerprint density at radius 1 is 1.30 bits per heavy atom. The number of carbonyl (C=O) groups is 2. The van der Waals surface area contributed by atoms with Crippen molar-refractivity contribution in [1.29, 1.82) is 0 Å². The Balaban J connectivity index is 1.86. The fourth-order valence-electron chi connectivity index (χ4n) is 1.52. The monoisotopic (exact) mass is 335 g/mol. The van der Waals surface area contributed by atoms with Gasteiger partial charge in [0.15, 0.2) is 5.13 Å². The van der Waals surface area contributed by atoms with E-state index in [2.05, 4.69) is 10.1 Å². The molecule has 0 aliphatic heterocycles. The van der Waals surface area contributed by atoms with Crippen LogP contribution in [0.5, 0.6) is 0 Å². The van der Waals surface area contributed by atoms with Crippen molar-refractivity contribution in [2.45, 2.75) is 6.61 Å². The summed E-state index contributed by atoms with van der Waals surface area (Å²) in [6.07, 6.45) is 0. The van der Waals surface area contributed by atoms with Gasteiger partial charge in [0.1, 0.15) is 12.3 Å². The largest absolute Gasteiger partial charge is 0.476 e. The highest BCUT2D eigenvalue weighted by Crippen LogP contribution is 2.12. The maximum atomic E-state index is 11.5. The maximum Gasteiger partial charge on any atom is 0.360 e. The van der Waals surface area contributed by atoms with E-state index >= 15 is 0 Å². The fourth-order valence-corrected chi connectivity index (χ4v) is 2.07. The Kier molecular flexibility index (Phi) is 5.64. The number of nitrogens with two attached hydrogens (primary N) is 1. The SMILES string of the molecule is Nc1nc(/C(=N/OCC(=O)OCc2ccccc2)C(=O)O)cs1. The van der Waals surface area contributed by atoms with Gasteiger partial charge in [0.05, 0.1) is 0 Å². The van der Waals surface area contributed by atoms with Gasteiger partial charge in [0, 0.05) is 5.38 Å². The first kappa shape index (κ1) is 16.4. The number of aromatic nitrogens is 1. The van der Waals surface area contributed by atoms with Gasteiger partial charge >= 0.3 is 11.9 Å². The van der Waals surface area contributed by atoms with E-state index in [0.29, 0.717) is 0 Å². The van der Waals surface area contributed by atoms with Gasteiger partial charge in [-0.15, -0.1) is 11.3 Å². The van der Waals surface area contributed by atoms with Gasteiger partial charge in [-0.2, -0.15) is 0 Å². The van der Waals surface area contributed by atoms with E-state index in [1.807, 2.05) is 30.3 Å². The Bertz CT molecular complexity index is 714. The van der Waals surface area contributed by atoms with Crippen LogP contribution < -0.4 is 5.73 Å². The summed E-state index contributed by atoms with van der Waals surface area (Å²) in [6, 6.07) is 9.11. The second-order valence-electron chi connectivity index (χ2n) is 4.24. The van der Waals surface area contributed by atoms with Crippen molar-refractivity contribution < 1.29 is 24.3 Å². The van der Waals surface area contributed by atoms with Crippen LogP contribution in [0.2, 0.25) is 0 Å². The van der Waals surface area contributed by atoms with Gasteiger partial charge in [-0.3, -0.25) is 0 Å². The molecule has 0 amide bonds. The molecule has 120 valence electrons. The molecular formula is C14H13N3O5S. The molecule has 2 aromatic rings. The Morgan fingerprint density at radius 2 is 2.04 bits per heavy atom. The number of thiazole rings is 1. The van der Waals surface area contributed by atoms with Crippen LogP contribution in [0.4, 0.5) is 5.13 Å². The molecule has 0 spiro atoms. The van der Waals surface area contributed by atoms with E-state index in [-0.39, 0.29) is 17.4 Å². The molecule has 0 aliphatic rings. The second kappa shape index (κ2) is 7.90. The van der Waals surface area contributed by atoms with Crippen molar-refractivity contribution in [3.05, 3.63) is 47.0 Å². The summed E-state index contributed by atoms with van der Waals surface area (Å²) in [4.78, 5) is 31.1. The van der Waals surface area contributed by atoms with Gasteiger partial charge in [0.2, 0.25) is 12.3 Å². The minimum absolute atomic E-state index is 0.0673. The standard InChI is InChI=1S/C14H13N3O5S/c15-14-16-10(8-23-14)12(13(19)20)17-22-7-11(18)21-6-9-4-2-1-3-5-9/h1-5,8H,6-7H2,(H2,15,16)(H,19,20)/b17-12-. The minimum atomic E-state index is -1.34. The number of esters is 1. The summed E-state index contributed by atoms with van der Waals surface area (Å²) in [5, 5.41) is 14.1. The number of rotatable bonds is 7. The van der Waals surface area contributed by atoms with E-state index < -0.39 is 24.3 Å². The number of ether oxygens (including phenoxy) is 1. The quantitative estimate of drug-likeness (QED) is 0.443. The molecule has 0 fully saturated rings. The molecule has 9 heteroatoms. The van der Waals surface area contributed by atoms with Crippen molar-refractivity contribution in [1.82, 2.24) is 4.98 Å². The number of oxime groups is 1. The number of carboxylic acids is 1. The predicted octanol–water partition coefficient (Wildman–Crippen LogP) is 1.27. The van der Waals surface area contributed by atoms with Crippen LogP contribution in [-0.4, -0.2) is 34.3 Å². The lowest BCUT2D eigenvalue weighted by Gasteiger charge is -2.04. The molecule has 0 atom stereocenters. The molecule has 3 N–H and O–H groups in total. The summed E-state index contributed by atoms with van der Waals surface area (Å²) in [5.41, 5.74) is 5.89. The maximum absolute atomic E-state index is 11.5. The number of anilines is 1. The van der Waals surface area contributed by atoms with Crippen LogP contribution in [0.1, 0.15) is 11.3 Å². The average molecular weight is 335 g/mol. The first-order chi connectivity index (χ1) is 11.1. The Labute approximate surface area is 135 Å². The van der Waals surface area contributed by atoms with E-state index in [0.717, 1.165) is 16.9 Å². The number of carboxylic acid groups (broad SMARTS) is 1. The number of hydrogen-bond donors (Lipinski definition) is 2. The average Bonchev–Trinajstić information content (AvgIpc) is 2.96. The Hall–Kier alpha value is -2.94. The van der Waals surface area contributed by atoms with Crippen molar-refractivity contribution in [2.75, 3.05) is 12.3 Å². The summed E-state index contributed by atoms with van der Waals surface area (Å²) >= 11 is 1.07. The molecule has 0 bridgehead atoms. The number of nitrogen functional groups attached to an aromatic ring is 1. The van der Waals surface area contributed by atoms with Gasteiger partial charge < -0.3 is 20.4 Å². The van der Waals surface area contributed by atoms with Crippen LogP contribution in [-0.2, 0) is 25.8 Å². The van der Waals surface area contributed by atoms with E-state index in [1.165, 1.54) is 5.38 Å². The van der Waals surface area contributed by atoms with Crippen LogP contribution >= 0.6 is 11.3 Å². The molecule has 0 radical (unpaired) electrons. The number of hydrogen-bond acceptors (Lipinski definition) is 8. The smallest absolute Gasteiger partial charge is 0.360 e. The lowest BCUT2D eigenvalue weighted by atomic mass is 10.2. The van der Waals surface area contributed by atoms with Crippen LogP contribution in [0.15, 0.2) is 40.9 Å². The molecule has 1 aromatic heterocycles. The van der Waals surface area contributed by atoms with Crippen LogP contribution in [0, 0.1) is 0 Å². The zero-order chi connectivity index (χ0) is 16.7. The van der Waals surface area contributed by atoms with Crippen molar-refractivity contribution in [3.63, 3.8) is 0 Å². The molecule has 0 aliphatic carbocycles. The van der Waals surface area contributed by atoms with Crippen molar-refractivity contribution in [3.8, 4) is 0 Å². The highest BCUT2D eigenvalue weighted by Gasteiger charge is 2.17. The number of carbonyl (C=O) groups excluding carboxylic acids is 1. The number of benzene rings is 1.